The Labute approximate surface area is 152 Å². The summed E-state index contributed by atoms with van der Waals surface area (Å²) in [5, 5.41) is 2.04. The quantitative estimate of drug-likeness (QED) is 0.504. The summed E-state index contributed by atoms with van der Waals surface area (Å²) in [6, 6.07) is 22.4. The second kappa shape index (κ2) is 6.11. The van der Waals surface area contributed by atoms with Crippen LogP contribution in [0.5, 0.6) is 0 Å². The number of benzene rings is 3. The van der Waals surface area contributed by atoms with Crippen LogP contribution in [0.2, 0.25) is 0 Å². The molecular formula is C21H18N2O2S. The molecule has 4 nitrogen and oxygen atoms in total. The van der Waals surface area contributed by atoms with Gasteiger partial charge in [0.1, 0.15) is 0 Å². The third-order valence-electron chi connectivity index (χ3n) is 4.55. The molecule has 0 aliphatic carbocycles. The molecular weight excluding hydrogens is 344 g/mol. The van der Waals surface area contributed by atoms with E-state index < -0.39 is 10.0 Å². The lowest BCUT2D eigenvalue weighted by molar-refractivity contribution is 0.594. The zero-order valence-electron chi connectivity index (χ0n) is 14.5. The standard InChI is InChI=1S/C21H18N2O2S/c1-15-7-11-19(12-8-15)26(24,25)23(2)18-10-9-17-13-16-5-3-4-6-20(16)22-21(17)14-18/h3-14H,1-2H3. The number of sulfonamides is 1. The Balaban J connectivity index is 1.80. The molecule has 0 saturated heterocycles. The summed E-state index contributed by atoms with van der Waals surface area (Å²) in [7, 11) is -2.05. The molecule has 0 saturated carbocycles. The van der Waals surface area contributed by atoms with Gasteiger partial charge in [-0.15, -0.1) is 0 Å². The maximum atomic E-state index is 12.9. The van der Waals surface area contributed by atoms with Crippen LogP contribution in [-0.4, -0.2) is 20.4 Å². The van der Waals surface area contributed by atoms with Crippen LogP contribution in [0.3, 0.4) is 0 Å². The second-order valence-electron chi connectivity index (χ2n) is 6.34. The molecule has 0 aliphatic heterocycles. The number of rotatable bonds is 3. The predicted octanol–water partition coefficient (Wildman–Crippen LogP) is 4.52. The molecule has 4 rings (SSSR count). The van der Waals surface area contributed by atoms with E-state index in [0.29, 0.717) is 5.69 Å². The largest absolute Gasteiger partial charge is 0.269 e. The first-order chi connectivity index (χ1) is 12.4. The normalized spacial score (nSPS) is 11.8. The first-order valence-corrected chi connectivity index (χ1v) is 9.74. The lowest BCUT2D eigenvalue weighted by Gasteiger charge is -2.20. The van der Waals surface area contributed by atoms with Crippen LogP contribution in [0.1, 0.15) is 5.56 Å². The highest BCUT2D eigenvalue weighted by Crippen LogP contribution is 2.27. The smallest absolute Gasteiger partial charge is 0.264 e. The molecule has 130 valence electrons. The average molecular weight is 362 g/mol. The van der Waals surface area contributed by atoms with Crippen LogP contribution in [0.4, 0.5) is 5.69 Å². The summed E-state index contributed by atoms with van der Waals surface area (Å²) in [5.74, 6) is 0. The number of hydrogen-bond acceptors (Lipinski definition) is 3. The summed E-state index contributed by atoms with van der Waals surface area (Å²) in [6.45, 7) is 1.93. The maximum absolute atomic E-state index is 12.9. The van der Waals surface area contributed by atoms with Crippen molar-refractivity contribution in [3.8, 4) is 0 Å². The van der Waals surface area contributed by atoms with Crippen LogP contribution < -0.4 is 4.31 Å². The summed E-state index contributed by atoms with van der Waals surface area (Å²) < 4.78 is 27.1. The molecule has 3 aromatic carbocycles. The Bertz CT molecular complexity index is 1220. The monoisotopic (exact) mass is 362 g/mol. The molecule has 1 heterocycles. The highest BCUT2D eigenvalue weighted by atomic mass is 32.2. The van der Waals surface area contributed by atoms with E-state index in [1.807, 2.05) is 49.4 Å². The van der Waals surface area contributed by atoms with E-state index in [1.165, 1.54) is 4.31 Å². The van der Waals surface area contributed by atoms with Gasteiger partial charge in [0.05, 0.1) is 21.6 Å². The minimum absolute atomic E-state index is 0.275. The predicted molar refractivity (Wildman–Crippen MR) is 106 cm³/mol. The molecule has 26 heavy (non-hydrogen) atoms. The topological polar surface area (TPSA) is 50.3 Å². The van der Waals surface area contributed by atoms with E-state index in [0.717, 1.165) is 27.4 Å². The lowest BCUT2D eigenvalue weighted by Crippen LogP contribution is -2.26. The fourth-order valence-corrected chi connectivity index (χ4v) is 4.15. The van der Waals surface area contributed by atoms with Gasteiger partial charge in [0, 0.05) is 17.8 Å². The van der Waals surface area contributed by atoms with Gasteiger partial charge < -0.3 is 0 Å². The van der Waals surface area contributed by atoms with Crippen LogP contribution in [-0.2, 0) is 10.0 Å². The molecule has 0 atom stereocenters. The van der Waals surface area contributed by atoms with Crippen molar-refractivity contribution in [1.29, 1.82) is 0 Å². The summed E-state index contributed by atoms with van der Waals surface area (Å²) >= 11 is 0. The Hall–Kier alpha value is -2.92. The van der Waals surface area contributed by atoms with Crippen LogP contribution >= 0.6 is 0 Å². The maximum Gasteiger partial charge on any atom is 0.264 e. The van der Waals surface area contributed by atoms with Crippen molar-refractivity contribution >= 4 is 37.5 Å². The molecule has 5 heteroatoms. The van der Waals surface area contributed by atoms with E-state index >= 15 is 0 Å². The van der Waals surface area contributed by atoms with Crippen LogP contribution in [0.15, 0.2) is 77.7 Å². The Morgan fingerprint density at radius 3 is 2.27 bits per heavy atom. The SMILES string of the molecule is Cc1ccc(S(=O)(=O)N(C)c2ccc3cc4ccccc4nc3c2)cc1. The third kappa shape index (κ3) is 2.80. The highest BCUT2D eigenvalue weighted by molar-refractivity contribution is 7.92. The number of hydrogen-bond donors (Lipinski definition) is 0. The number of aromatic nitrogens is 1. The number of pyridine rings is 1. The Morgan fingerprint density at radius 1 is 0.808 bits per heavy atom. The molecule has 0 unspecified atom stereocenters. The van der Waals surface area contributed by atoms with Crippen LogP contribution in [0.25, 0.3) is 21.8 Å². The van der Waals surface area contributed by atoms with E-state index in [-0.39, 0.29) is 4.90 Å². The van der Waals surface area contributed by atoms with Crippen molar-refractivity contribution in [2.75, 3.05) is 11.4 Å². The number of aryl methyl sites for hydroxylation is 1. The van der Waals surface area contributed by atoms with Crippen LogP contribution in [0, 0.1) is 6.92 Å². The Morgan fingerprint density at radius 2 is 1.50 bits per heavy atom. The van der Waals surface area contributed by atoms with E-state index in [9.17, 15) is 8.42 Å². The number of nitrogens with zero attached hydrogens (tertiary/aromatic N) is 2. The van der Waals surface area contributed by atoms with Gasteiger partial charge in [-0.05, 0) is 43.3 Å². The van der Waals surface area contributed by atoms with Gasteiger partial charge in [-0.3, -0.25) is 4.31 Å². The average Bonchev–Trinajstić information content (AvgIpc) is 2.65. The summed E-state index contributed by atoms with van der Waals surface area (Å²) in [6.07, 6.45) is 0. The molecule has 0 amide bonds. The van der Waals surface area contributed by atoms with E-state index in [4.69, 9.17) is 0 Å². The molecule has 4 aromatic rings. The third-order valence-corrected chi connectivity index (χ3v) is 6.35. The molecule has 0 spiro atoms. The van der Waals surface area contributed by atoms with Gasteiger partial charge in [0.25, 0.3) is 10.0 Å². The lowest BCUT2D eigenvalue weighted by atomic mass is 10.1. The van der Waals surface area contributed by atoms with Gasteiger partial charge in [0.2, 0.25) is 0 Å². The summed E-state index contributed by atoms with van der Waals surface area (Å²) in [5.41, 5.74) is 3.27. The van der Waals surface area contributed by atoms with Crippen molar-refractivity contribution in [2.24, 2.45) is 0 Å². The highest BCUT2D eigenvalue weighted by Gasteiger charge is 2.21. The fourth-order valence-electron chi connectivity index (χ4n) is 2.96. The van der Waals surface area contributed by atoms with Crippen molar-refractivity contribution in [3.63, 3.8) is 0 Å². The molecule has 0 aliphatic rings. The molecule has 0 bridgehead atoms. The zero-order chi connectivity index (χ0) is 18.3. The molecule has 0 radical (unpaired) electrons. The number of anilines is 1. The minimum Gasteiger partial charge on any atom is -0.269 e. The van der Waals surface area contributed by atoms with Gasteiger partial charge >= 0.3 is 0 Å². The summed E-state index contributed by atoms with van der Waals surface area (Å²) in [4.78, 5) is 4.94. The first kappa shape index (κ1) is 16.5. The molecule has 0 N–H and O–H groups in total. The first-order valence-electron chi connectivity index (χ1n) is 8.30. The van der Waals surface area contributed by atoms with Gasteiger partial charge in [0.15, 0.2) is 0 Å². The molecule has 1 aromatic heterocycles. The molecule has 0 fully saturated rings. The Kier molecular flexibility index (Phi) is 3.89. The number of fused-ring (bicyclic) bond motifs is 2. The minimum atomic E-state index is -3.61. The zero-order valence-corrected chi connectivity index (χ0v) is 15.4. The van der Waals surface area contributed by atoms with Crippen molar-refractivity contribution in [1.82, 2.24) is 4.98 Å². The van der Waals surface area contributed by atoms with Gasteiger partial charge in [-0.25, -0.2) is 13.4 Å². The number of para-hydroxylation sites is 1. The fraction of sp³-hybridized carbons (Fsp3) is 0.0952. The van der Waals surface area contributed by atoms with Crippen molar-refractivity contribution in [2.45, 2.75) is 11.8 Å². The second-order valence-corrected chi connectivity index (χ2v) is 8.31. The van der Waals surface area contributed by atoms with Gasteiger partial charge in [-0.2, -0.15) is 0 Å². The van der Waals surface area contributed by atoms with E-state index in [2.05, 4.69) is 11.1 Å². The van der Waals surface area contributed by atoms with Crippen molar-refractivity contribution < 1.29 is 8.42 Å². The van der Waals surface area contributed by atoms with Crippen molar-refractivity contribution in [3.05, 3.63) is 78.4 Å². The van der Waals surface area contributed by atoms with Gasteiger partial charge in [-0.1, -0.05) is 42.0 Å². The van der Waals surface area contributed by atoms with E-state index in [1.54, 1.807) is 31.3 Å².